The minimum atomic E-state index is -1.25. The minimum Gasteiger partial charge on any atom is -0.480 e. The number of aliphatic hydroxyl groups is 1. The van der Waals surface area contributed by atoms with Crippen LogP contribution >= 0.6 is 11.8 Å². The summed E-state index contributed by atoms with van der Waals surface area (Å²) in [6.07, 6.45) is 0.436. The van der Waals surface area contributed by atoms with E-state index in [2.05, 4.69) is 16.0 Å². The molecule has 12 nitrogen and oxygen atoms in total. The average Bonchev–Trinajstić information content (AvgIpc) is 2.66. The van der Waals surface area contributed by atoms with Crippen molar-refractivity contribution in [3.8, 4) is 0 Å². The van der Waals surface area contributed by atoms with E-state index in [1.54, 1.807) is 6.26 Å². The van der Waals surface area contributed by atoms with Gasteiger partial charge in [0.2, 0.25) is 23.6 Å². The Morgan fingerprint density at radius 1 is 0.933 bits per heavy atom. The van der Waals surface area contributed by atoms with Crippen molar-refractivity contribution in [2.24, 2.45) is 11.5 Å². The number of primary amides is 1. The Hall–Kier alpha value is -2.38. The van der Waals surface area contributed by atoms with Gasteiger partial charge in [-0.3, -0.25) is 19.2 Å². The van der Waals surface area contributed by atoms with E-state index < -0.39 is 59.9 Å². The molecule has 0 saturated carbocycles. The molecule has 0 aromatic carbocycles. The summed E-state index contributed by atoms with van der Waals surface area (Å²) in [6, 6.07) is -4.77. The van der Waals surface area contributed by atoms with Crippen molar-refractivity contribution in [3.05, 3.63) is 0 Å². The van der Waals surface area contributed by atoms with E-state index in [9.17, 15) is 34.2 Å². The van der Waals surface area contributed by atoms with Crippen molar-refractivity contribution in [2.75, 3.05) is 12.0 Å². The number of thioether (sulfide) groups is 1. The lowest BCUT2D eigenvalue weighted by Crippen LogP contribution is -2.57. The first-order valence-electron chi connectivity index (χ1n) is 9.25. The highest BCUT2D eigenvalue weighted by Crippen LogP contribution is 2.04. The van der Waals surface area contributed by atoms with Crippen molar-refractivity contribution in [1.82, 2.24) is 16.0 Å². The van der Waals surface area contributed by atoms with E-state index in [0.717, 1.165) is 0 Å². The monoisotopic (exact) mass is 449 g/mol. The Kier molecular flexibility index (Phi) is 12.7. The van der Waals surface area contributed by atoms with Gasteiger partial charge in [-0.2, -0.15) is 11.8 Å². The molecule has 0 bridgehead atoms. The van der Waals surface area contributed by atoms with E-state index in [-0.39, 0.29) is 19.3 Å². The zero-order valence-corrected chi connectivity index (χ0v) is 18.0. The molecule has 0 radical (unpaired) electrons. The number of carboxylic acids is 1. The van der Waals surface area contributed by atoms with Crippen LogP contribution < -0.4 is 27.4 Å². The molecule has 0 aliphatic heterocycles. The molecule has 5 atom stereocenters. The quantitative estimate of drug-likeness (QED) is 0.146. The smallest absolute Gasteiger partial charge is 0.326 e. The molecule has 0 rings (SSSR count). The summed E-state index contributed by atoms with van der Waals surface area (Å²) in [4.78, 5) is 59.2. The molecular weight excluding hydrogens is 418 g/mol. The van der Waals surface area contributed by atoms with Gasteiger partial charge in [-0.25, -0.2) is 4.79 Å². The molecule has 13 heteroatoms. The van der Waals surface area contributed by atoms with Gasteiger partial charge in [-0.15, -0.1) is 0 Å². The van der Waals surface area contributed by atoms with Crippen LogP contribution in [-0.4, -0.2) is 82.1 Å². The van der Waals surface area contributed by atoms with Crippen LogP contribution in [0, 0.1) is 0 Å². The first kappa shape index (κ1) is 27.6. The molecule has 9 N–H and O–H groups in total. The fraction of sp³-hybridized carbons (Fsp3) is 0.706. The second-order valence-corrected chi connectivity index (χ2v) is 7.73. The van der Waals surface area contributed by atoms with Crippen LogP contribution in [0.15, 0.2) is 0 Å². The summed E-state index contributed by atoms with van der Waals surface area (Å²) in [5.74, 6) is -3.77. The molecule has 172 valence electrons. The summed E-state index contributed by atoms with van der Waals surface area (Å²) in [6.45, 7) is 2.65. The molecule has 0 heterocycles. The predicted molar refractivity (Wildman–Crippen MR) is 110 cm³/mol. The number of hydrogen-bond acceptors (Lipinski definition) is 8. The van der Waals surface area contributed by atoms with Gasteiger partial charge in [-0.1, -0.05) is 0 Å². The van der Waals surface area contributed by atoms with Gasteiger partial charge in [0.1, 0.15) is 24.2 Å². The highest BCUT2D eigenvalue weighted by Gasteiger charge is 2.29. The number of carbonyl (C=O) groups excluding carboxylic acids is 4. The van der Waals surface area contributed by atoms with Gasteiger partial charge in [0.15, 0.2) is 0 Å². The summed E-state index contributed by atoms with van der Waals surface area (Å²) in [5, 5.41) is 25.6. The van der Waals surface area contributed by atoms with Crippen LogP contribution in [0.25, 0.3) is 0 Å². The van der Waals surface area contributed by atoms with Crippen LogP contribution in [0.1, 0.15) is 33.1 Å². The Bertz CT molecular complexity index is 632. The number of aliphatic hydroxyl groups excluding tert-OH is 1. The summed E-state index contributed by atoms with van der Waals surface area (Å²) in [5.41, 5.74) is 10.6. The fourth-order valence-electron chi connectivity index (χ4n) is 2.21. The maximum Gasteiger partial charge on any atom is 0.326 e. The molecule has 30 heavy (non-hydrogen) atoms. The first-order chi connectivity index (χ1) is 13.9. The first-order valence-corrected chi connectivity index (χ1v) is 10.6. The van der Waals surface area contributed by atoms with E-state index in [1.807, 2.05) is 0 Å². The van der Waals surface area contributed by atoms with Gasteiger partial charge < -0.3 is 37.6 Å². The Balaban J connectivity index is 5.16. The third kappa shape index (κ3) is 10.4. The maximum absolute atomic E-state index is 12.5. The van der Waals surface area contributed by atoms with Gasteiger partial charge in [-0.05, 0) is 38.7 Å². The standard InChI is InChI=1S/C17H31N5O7S/c1-8(20-16(27)13(19)9(2)23)14(25)21-10(4-5-12(18)24)15(26)22-11(17(28)29)6-7-30-3/h8-11,13,23H,4-7,19H2,1-3H3,(H2,18,24)(H,20,27)(H,21,25)(H,22,26)(H,28,29). The third-order valence-electron chi connectivity index (χ3n) is 4.11. The summed E-state index contributed by atoms with van der Waals surface area (Å²) in [7, 11) is 0. The number of carboxylic acid groups (broad SMARTS) is 1. The van der Waals surface area contributed by atoms with Crippen molar-refractivity contribution >= 4 is 41.4 Å². The molecule has 0 saturated heterocycles. The third-order valence-corrected chi connectivity index (χ3v) is 4.76. The molecule has 0 aromatic heterocycles. The van der Waals surface area contributed by atoms with E-state index in [0.29, 0.717) is 5.75 Å². The van der Waals surface area contributed by atoms with Crippen LogP contribution in [0.5, 0.6) is 0 Å². The van der Waals surface area contributed by atoms with E-state index in [4.69, 9.17) is 11.5 Å². The van der Waals surface area contributed by atoms with Crippen LogP contribution in [0.2, 0.25) is 0 Å². The number of rotatable bonds is 14. The molecule has 4 amide bonds. The Labute approximate surface area is 178 Å². The van der Waals surface area contributed by atoms with Crippen LogP contribution in [0.4, 0.5) is 0 Å². The van der Waals surface area contributed by atoms with Gasteiger partial charge >= 0.3 is 5.97 Å². The summed E-state index contributed by atoms with van der Waals surface area (Å²) < 4.78 is 0. The number of hydrogen-bond donors (Lipinski definition) is 7. The topological polar surface area (TPSA) is 214 Å². The lowest BCUT2D eigenvalue weighted by atomic mass is 10.1. The summed E-state index contributed by atoms with van der Waals surface area (Å²) >= 11 is 1.41. The molecule has 0 fully saturated rings. The number of amides is 4. The number of carbonyl (C=O) groups is 5. The largest absolute Gasteiger partial charge is 0.480 e. The maximum atomic E-state index is 12.5. The average molecular weight is 450 g/mol. The molecule has 0 aliphatic rings. The predicted octanol–water partition coefficient (Wildman–Crippen LogP) is -2.73. The fourth-order valence-corrected chi connectivity index (χ4v) is 2.68. The molecule has 0 aliphatic carbocycles. The normalized spacial score (nSPS) is 15.8. The number of aliphatic carboxylic acids is 1. The molecule has 0 aromatic rings. The zero-order valence-electron chi connectivity index (χ0n) is 17.2. The second kappa shape index (κ2) is 13.8. The molecular formula is C17H31N5O7S. The van der Waals surface area contributed by atoms with E-state index in [1.165, 1.54) is 25.6 Å². The van der Waals surface area contributed by atoms with Crippen molar-refractivity contribution in [3.63, 3.8) is 0 Å². The highest BCUT2D eigenvalue weighted by atomic mass is 32.2. The lowest BCUT2D eigenvalue weighted by molar-refractivity contribution is -0.142. The SMILES string of the molecule is CSCCC(NC(=O)C(CCC(N)=O)NC(=O)C(C)NC(=O)C(N)C(C)O)C(=O)O. The van der Waals surface area contributed by atoms with Crippen molar-refractivity contribution in [2.45, 2.75) is 63.4 Å². The van der Waals surface area contributed by atoms with Crippen molar-refractivity contribution in [1.29, 1.82) is 0 Å². The van der Waals surface area contributed by atoms with E-state index >= 15 is 0 Å². The van der Waals surface area contributed by atoms with Crippen molar-refractivity contribution < 1.29 is 34.2 Å². The van der Waals surface area contributed by atoms with Crippen LogP contribution in [-0.2, 0) is 24.0 Å². The zero-order chi connectivity index (χ0) is 23.4. The highest BCUT2D eigenvalue weighted by molar-refractivity contribution is 7.98. The number of nitrogens with two attached hydrogens (primary N) is 2. The number of nitrogens with one attached hydrogen (secondary N) is 3. The lowest BCUT2D eigenvalue weighted by Gasteiger charge is -2.24. The van der Waals surface area contributed by atoms with Crippen LogP contribution in [0.3, 0.4) is 0 Å². The Morgan fingerprint density at radius 2 is 1.50 bits per heavy atom. The second-order valence-electron chi connectivity index (χ2n) is 6.74. The minimum absolute atomic E-state index is 0.157. The molecule has 0 spiro atoms. The Morgan fingerprint density at radius 3 is 1.97 bits per heavy atom. The molecule has 5 unspecified atom stereocenters. The van der Waals surface area contributed by atoms with Gasteiger partial charge in [0.05, 0.1) is 6.10 Å². The van der Waals surface area contributed by atoms with Gasteiger partial charge in [0, 0.05) is 6.42 Å². The van der Waals surface area contributed by atoms with Gasteiger partial charge in [0.25, 0.3) is 0 Å².